The second-order valence-corrected chi connectivity index (χ2v) is 12.2. The highest BCUT2D eigenvalue weighted by atomic mass is 15.0. The molecule has 1 aliphatic carbocycles. The van der Waals surface area contributed by atoms with Gasteiger partial charge in [0.05, 0.1) is 27.3 Å². The number of fused-ring (bicyclic) bond motifs is 7. The van der Waals surface area contributed by atoms with Crippen LogP contribution in [0.4, 0.5) is 0 Å². The Labute approximate surface area is 223 Å². The van der Waals surface area contributed by atoms with Crippen LogP contribution >= 0.6 is 0 Å². The van der Waals surface area contributed by atoms with E-state index in [2.05, 4.69) is 104 Å². The van der Waals surface area contributed by atoms with E-state index in [-0.39, 0.29) is 0 Å². The Hall–Kier alpha value is -3.65. The number of rotatable bonds is 3. The standard InChI is InChI=1S/C36H35N2/c1-21(2)20-29-27-13-8-7-12-25(27)22(3)31-35(29)38-30-15-9-14-26(23-10-5-6-11-23)33(30)28-17-16-24-18-19-37(4)36(31)32(24)34(28)38/h7-9,12-19,21,23H,5-6,10-11,20H2,1-4H3/q+1. The van der Waals surface area contributed by atoms with Gasteiger partial charge in [0.1, 0.15) is 7.05 Å². The average molecular weight is 496 g/mol. The van der Waals surface area contributed by atoms with Crippen molar-refractivity contribution in [1.82, 2.24) is 4.40 Å². The maximum absolute atomic E-state index is 2.69. The van der Waals surface area contributed by atoms with Crippen molar-refractivity contribution in [2.75, 3.05) is 0 Å². The minimum atomic E-state index is 0.568. The third-order valence-corrected chi connectivity index (χ3v) is 9.51. The van der Waals surface area contributed by atoms with Gasteiger partial charge in [-0.25, -0.2) is 4.57 Å². The molecular formula is C36H35N2+. The molecule has 0 bridgehead atoms. The topological polar surface area (TPSA) is 8.29 Å². The van der Waals surface area contributed by atoms with Crippen LogP contribution in [0.2, 0.25) is 0 Å². The molecule has 0 aliphatic heterocycles. The molecule has 0 saturated heterocycles. The van der Waals surface area contributed by atoms with Crippen LogP contribution in [0.25, 0.3) is 59.8 Å². The first-order valence-electron chi connectivity index (χ1n) is 14.5. The summed E-state index contributed by atoms with van der Waals surface area (Å²) >= 11 is 0. The molecule has 0 amide bonds. The van der Waals surface area contributed by atoms with Gasteiger partial charge in [-0.2, -0.15) is 0 Å². The van der Waals surface area contributed by atoms with E-state index in [4.69, 9.17) is 0 Å². The molecule has 2 nitrogen and oxygen atoms in total. The van der Waals surface area contributed by atoms with E-state index in [0.717, 1.165) is 6.42 Å². The van der Waals surface area contributed by atoms with Crippen molar-refractivity contribution in [3.05, 3.63) is 83.6 Å². The van der Waals surface area contributed by atoms with Crippen LogP contribution in [0, 0.1) is 12.8 Å². The van der Waals surface area contributed by atoms with Crippen LogP contribution in [0.5, 0.6) is 0 Å². The number of hydrogen-bond donors (Lipinski definition) is 0. The molecule has 3 heterocycles. The summed E-state index contributed by atoms with van der Waals surface area (Å²) in [5.41, 5.74) is 10.0. The van der Waals surface area contributed by atoms with Crippen LogP contribution < -0.4 is 4.57 Å². The van der Waals surface area contributed by atoms with E-state index < -0.39 is 0 Å². The average Bonchev–Trinajstić information content (AvgIpc) is 3.58. The molecule has 0 atom stereocenters. The van der Waals surface area contributed by atoms with Gasteiger partial charge in [0.15, 0.2) is 6.20 Å². The van der Waals surface area contributed by atoms with Crippen molar-refractivity contribution in [2.24, 2.45) is 13.0 Å². The molecule has 2 heteroatoms. The van der Waals surface area contributed by atoms with Crippen LogP contribution in [0.3, 0.4) is 0 Å². The summed E-state index contributed by atoms with van der Waals surface area (Å²) in [6.45, 7) is 7.07. The van der Waals surface area contributed by atoms with Crippen LogP contribution in [-0.4, -0.2) is 4.40 Å². The zero-order chi connectivity index (χ0) is 25.7. The van der Waals surface area contributed by atoms with Crippen molar-refractivity contribution >= 4 is 59.8 Å². The first kappa shape index (κ1) is 22.3. The zero-order valence-corrected chi connectivity index (χ0v) is 22.9. The number of benzene rings is 4. The molecule has 8 rings (SSSR count). The normalized spacial score (nSPS) is 15.2. The molecule has 0 radical (unpaired) electrons. The van der Waals surface area contributed by atoms with Crippen molar-refractivity contribution in [3.8, 4) is 0 Å². The molecule has 0 spiro atoms. The van der Waals surface area contributed by atoms with Crippen LogP contribution in [0.15, 0.2) is 66.9 Å². The first-order valence-corrected chi connectivity index (χ1v) is 14.5. The van der Waals surface area contributed by atoms with E-state index >= 15 is 0 Å². The molecule has 1 fully saturated rings. The smallest absolute Gasteiger partial charge is 0.224 e. The number of nitrogens with zero attached hydrogens (tertiary/aromatic N) is 2. The maximum atomic E-state index is 2.69. The second kappa shape index (κ2) is 7.93. The molecule has 4 aromatic carbocycles. The first-order chi connectivity index (χ1) is 18.5. The quantitative estimate of drug-likeness (QED) is 0.131. The Morgan fingerprint density at radius 3 is 2.39 bits per heavy atom. The van der Waals surface area contributed by atoms with Gasteiger partial charge >= 0.3 is 0 Å². The van der Waals surface area contributed by atoms with Gasteiger partial charge in [-0.05, 0) is 76.9 Å². The maximum Gasteiger partial charge on any atom is 0.224 e. The SMILES string of the molecule is Cc1c2ccccc2c(CC(C)C)c2c1c1c3c(ccc4c5c(C6CCCC6)cccc5n2c43)cc[n+]1C. The van der Waals surface area contributed by atoms with Crippen molar-refractivity contribution in [3.63, 3.8) is 0 Å². The Bertz CT molecular complexity index is 2050. The van der Waals surface area contributed by atoms with Gasteiger partial charge in [-0.3, -0.25) is 0 Å². The van der Waals surface area contributed by atoms with Gasteiger partial charge in [-0.15, -0.1) is 0 Å². The summed E-state index contributed by atoms with van der Waals surface area (Å²) in [5, 5.41) is 9.86. The third-order valence-electron chi connectivity index (χ3n) is 9.51. The lowest BCUT2D eigenvalue weighted by atomic mass is 9.89. The van der Waals surface area contributed by atoms with E-state index in [0.29, 0.717) is 11.8 Å². The molecule has 1 saturated carbocycles. The summed E-state index contributed by atoms with van der Waals surface area (Å²) in [5.74, 6) is 1.24. The fraction of sp³-hybridized carbons (Fsp3) is 0.306. The van der Waals surface area contributed by atoms with Gasteiger partial charge in [0, 0.05) is 16.8 Å². The number of aryl methyl sites for hydroxylation is 2. The largest absolute Gasteiger partial charge is 0.307 e. The summed E-state index contributed by atoms with van der Waals surface area (Å²) in [7, 11) is 2.23. The van der Waals surface area contributed by atoms with Crippen molar-refractivity contribution in [1.29, 1.82) is 0 Å². The minimum Gasteiger partial charge on any atom is -0.307 e. The number of pyridine rings is 2. The molecule has 0 unspecified atom stereocenters. The van der Waals surface area contributed by atoms with Crippen LogP contribution in [-0.2, 0) is 13.5 Å². The van der Waals surface area contributed by atoms with Crippen molar-refractivity contribution in [2.45, 2.75) is 58.8 Å². The number of hydrogen-bond acceptors (Lipinski definition) is 0. The molecule has 3 aromatic heterocycles. The molecule has 38 heavy (non-hydrogen) atoms. The summed E-state index contributed by atoms with van der Waals surface area (Å²) in [4.78, 5) is 0. The highest BCUT2D eigenvalue weighted by molar-refractivity contribution is 6.29. The van der Waals surface area contributed by atoms with Gasteiger partial charge in [-0.1, -0.05) is 75.2 Å². The van der Waals surface area contributed by atoms with Crippen molar-refractivity contribution < 1.29 is 4.57 Å². The summed E-state index contributed by atoms with van der Waals surface area (Å²) in [6.07, 6.45) is 8.67. The van der Waals surface area contributed by atoms with E-state index in [1.165, 1.54) is 96.6 Å². The van der Waals surface area contributed by atoms with E-state index in [1.807, 2.05) is 0 Å². The Kier molecular flexibility index (Phi) is 4.66. The molecule has 0 N–H and O–H groups in total. The lowest BCUT2D eigenvalue weighted by Gasteiger charge is -2.20. The van der Waals surface area contributed by atoms with Gasteiger partial charge in [0.25, 0.3) is 0 Å². The monoisotopic (exact) mass is 495 g/mol. The molecule has 1 aliphatic rings. The van der Waals surface area contributed by atoms with E-state index in [1.54, 1.807) is 5.56 Å². The molecular weight excluding hydrogens is 460 g/mol. The Balaban J connectivity index is 1.75. The lowest BCUT2D eigenvalue weighted by molar-refractivity contribution is -0.643. The summed E-state index contributed by atoms with van der Waals surface area (Å²) < 4.78 is 5.06. The third kappa shape index (κ3) is 2.81. The number of aromatic nitrogens is 2. The molecule has 188 valence electrons. The minimum absolute atomic E-state index is 0.568. The van der Waals surface area contributed by atoms with Gasteiger partial charge in [0.2, 0.25) is 5.52 Å². The van der Waals surface area contributed by atoms with E-state index in [9.17, 15) is 0 Å². The fourth-order valence-electron chi connectivity index (χ4n) is 7.96. The molecule has 7 aromatic rings. The Morgan fingerprint density at radius 1 is 0.816 bits per heavy atom. The highest BCUT2D eigenvalue weighted by Gasteiger charge is 2.29. The predicted molar refractivity (Wildman–Crippen MR) is 162 cm³/mol. The predicted octanol–water partition coefficient (Wildman–Crippen LogP) is 9.13. The summed E-state index contributed by atoms with van der Waals surface area (Å²) in [6, 6.07) is 23.3. The van der Waals surface area contributed by atoms with Gasteiger partial charge < -0.3 is 4.40 Å². The lowest BCUT2D eigenvalue weighted by Crippen LogP contribution is -2.29. The zero-order valence-electron chi connectivity index (χ0n) is 22.9. The second-order valence-electron chi connectivity index (χ2n) is 12.2. The van der Waals surface area contributed by atoms with Crippen LogP contribution in [0.1, 0.15) is 62.1 Å². The Morgan fingerprint density at radius 2 is 1.61 bits per heavy atom. The fourth-order valence-corrected chi connectivity index (χ4v) is 7.96. The highest BCUT2D eigenvalue weighted by Crippen LogP contribution is 2.47.